The van der Waals surface area contributed by atoms with E-state index in [0.29, 0.717) is 13.0 Å². The largest absolute Gasteiger partial charge is 0.480 e. The molecule has 124 valence electrons. The molecule has 3 rings (SSSR count). The summed E-state index contributed by atoms with van der Waals surface area (Å²) in [6.45, 7) is 7.83. The Labute approximate surface area is 136 Å². The van der Waals surface area contributed by atoms with Crippen molar-refractivity contribution in [3.05, 3.63) is 35.0 Å². The Morgan fingerprint density at radius 1 is 1.30 bits per heavy atom. The molecule has 0 saturated carbocycles. The zero-order valence-corrected chi connectivity index (χ0v) is 14.1. The second-order valence-electron chi connectivity index (χ2n) is 6.36. The Bertz CT molecular complexity index is 735. The molecule has 1 atom stereocenters. The summed E-state index contributed by atoms with van der Waals surface area (Å²) in [4.78, 5) is 13.8. The smallest absolute Gasteiger partial charge is 0.321 e. The van der Waals surface area contributed by atoms with Crippen LogP contribution in [-0.4, -0.2) is 39.7 Å². The van der Waals surface area contributed by atoms with Gasteiger partial charge in [-0.3, -0.25) is 9.69 Å². The number of aliphatic carboxylic acids is 1. The predicted molar refractivity (Wildman–Crippen MR) is 91.5 cm³/mol. The minimum atomic E-state index is -0.790. The number of nitrogens with zero attached hydrogens (tertiary/aromatic N) is 2. The van der Waals surface area contributed by atoms with Crippen LogP contribution in [0.4, 0.5) is 0 Å². The molecule has 0 spiro atoms. The van der Waals surface area contributed by atoms with Gasteiger partial charge in [0.05, 0.1) is 0 Å². The molecule has 0 fully saturated rings. The lowest BCUT2D eigenvalue weighted by atomic mass is 10.0. The molecule has 23 heavy (non-hydrogen) atoms. The Hall–Kier alpha value is -1.85. The van der Waals surface area contributed by atoms with Crippen molar-refractivity contribution >= 4 is 16.9 Å². The van der Waals surface area contributed by atoms with Crippen molar-refractivity contribution in [1.29, 1.82) is 0 Å². The van der Waals surface area contributed by atoms with Crippen molar-refractivity contribution in [2.45, 2.75) is 39.4 Å². The third-order valence-electron chi connectivity index (χ3n) is 4.80. The summed E-state index contributed by atoms with van der Waals surface area (Å²) >= 11 is 0. The molecule has 1 aliphatic heterocycles. The van der Waals surface area contributed by atoms with Gasteiger partial charge < -0.3 is 15.0 Å². The van der Waals surface area contributed by atoms with Crippen LogP contribution in [0.5, 0.6) is 0 Å². The van der Waals surface area contributed by atoms with E-state index in [9.17, 15) is 9.90 Å². The number of nitrogens with one attached hydrogen (secondary N) is 1. The van der Waals surface area contributed by atoms with Gasteiger partial charge in [0.15, 0.2) is 0 Å². The van der Waals surface area contributed by atoms with Crippen molar-refractivity contribution < 1.29 is 9.90 Å². The molecular weight excluding hydrogens is 290 g/mol. The number of likely N-dealkylation sites (N-methyl/N-ethyl adjacent to an activating group) is 1. The number of rotatable bonds is 6. The lowest BCUT2D eigenvalue weighted by Crippen LogP contribution is -2.38. The van der Waals surface area contributed by atoms with Crippen LogP contribution in [0.25, 0.3) is 10.9 Å². The normalized spacial score (nSPS) is 16.0. The lowest BCUT2D eigenvalue weighted by molar-refractivity contribution is -0.139. The van der Waals surface area contributed by atoms with Gasteiger partial charge >= 0.3 is 5.97 Å². The first kappa shape index (κ1) is 16.0. The zero-order chi connectivity index (χ0) is 16.6. The number of hydrogen-bond donors (Lipinski definition) is 2. The first-order chi connectivity index (χ1) is 11.0. The minimum absolute atomic E-state index is 0.511. The molecule has 0 bridgehead atoms. The summed E-state index contributed by atoms with van der Waals surface area (Å²) in [5.41, 5.74) is 5.07. The van der Waals surface area contributed by atoms with Crippen LogP contribution < -0.4 is 5.32 Å². The van der Waals surface area contributed by atoms with Gasteiger partial charge in [0.2, 0.25) is 0 Å². The molecule has 2 N–H and O–H groups in total. The molecule has 2 heterocycles. The van der Waals surface area contributed by atoms with Gasteiger partial charge in [-0.05, 0) is 41.9 Å². The van der Waals surface area contributed by atoms with Gasteiger partial charge in [0.25, 0.3) is 0 Å². The SMILES string of the molecule is CCNC(Cc1cn(C)c2cc3c(cc12)CN(CC)C3)C(=O)O. The molecule has 0 aliphatic carbocycles. The number of benzene rings is 1. The number of carbonyl (C=O) groups is 1. The summed E-state index contributed by atoms with van der Waals surface area (Å²) in [5, 5.41) is 13.6. The van der Waals surface area contributed by atoms with Gasteiger partial charge in [-0.2, -0.15) is 0 Å². The fourth-order valence-electron chi connectivity index (χ4n) is 3.53. The van der Waals surface area contributed by atoms with E-state index >= 15 is 0 Å². The molecule has 1 aromatic carbocycles. The van der Waals surface area contributed by atoms with E-state index in [1.807, 2.05) is 14.0 Å². The van der Waals surface area contributed by atoms with Crippen LogP contribution in [0.2, 0.25) is 0 Å². The summed E-state index contributed by atoms with van der Waals surface area (Å²) in [6.07, 6.45) is 2.58. The summed E-state index contributed by atoms with van der Waals surface area (Å²) in [5.74, 6) is -0.790. The zero-order valence-electron chi connectivity index (χ0n) is 14.1. The van der Waals surface area contributed by atoms with Crippen molar-refractivity contribution in [2.75, 3.05) is 13.1 Å². The van der Waals surface area contributed by atoms with E-state index in [0.717, 1.165) is 25.2 Å². The highest BCUT2D eigenvalue weighted by atomic mass is 16.4. The summed E-state index contributed by atoms with van der Waals surface area (Å²) < 4.78 is 2.12. The highest BCUT2D eigenvalue weighted by molar-refractivity contribution is 5.86. The molecule has 0 radical (unpaired) electrons. The van der Waals surface area contributed by atoms with Gasteiger partial charge in [0.1, 0.15) is 6.04 Å². The van der Waals surface area contributed by atoms with Gasteiger partial charge in [-0.1, -0.05) is 13.8 Å². The third kappa shape index (κ3) is 2.99. The maximum absolute atomic E-state index is 11.4. The number of hydrogen-bond acceptors (Lipinski definition) is 3. The predicted octanol–water partition coefficient (Wildman–Crippen LogP) is 2.12. The molecule has 1 unspecified atom stereocenters. The van der Waals surface area contributed by atoms with Crippen LogP contribution in [0, 0.1) is 0 Å². The fourth-order valence-corrected chi connectivity index (χ4v) is 3.53. The Balaban J connectivity index is 1.98. The van der Waals surface area contributed by atoms with E-state index < -0.39 is 12.0 Å². The topological polar surface area (TPSA) is 57.5 Å². The quantitative estimate of drug-likeness (QED) is 0.857. The minimum Gasteiger partial charge on any atom is -0.480 e. The summed E-state index contributed by atoms with van der Waals surface area (Å²) in [7, 11) is 2.04. The van der Waals surface area contributed by atoms with Gasteiger partial charge in [0, 0.05) is 43.7 Å². The lowest BCUT2D eigenvalue weighted by Gasteiger charge is -2.12. The number of aromatic nitrogens is 1. The molecule has 1 aromatic heterocycles. The maximum Gasteiger partial charge on any atom is 0.321 e. The molecule has 1 aliphatic rings. The fraction of sp³-hybridized carbons (Fsp3) is 0.500. The monoisotopic (exact) mass is 315 g/mol. The number of fused-ring (bicyclic) bond motifs is 2. The Morgan fingerprint density at radius 2 is 2.00 bits per heavy atom. The average molecular weight is 315 g/mol. The van der Waals surface area contributed by atoms with Crippen LogP contribution in [0.3, 0.4) is 0 Å². The van der Waals surface area contributed by atoms with Gasteiger partial charge in [-0.15, -0.1) is 0 Å². The maximum atomic E-state index is 11.4. The van der Waals surface area contributed by atoms with Crippen LogP contribution in [-0.2, 0) is 31.4 Å². The first-order valence-corrected chi connectivity index (χ1v) is 8.31. The highest BCUT2D eigenvalue weighted by Crippen LogP contribution is 2.30. The molecular formula is C18H25N3O2. The average Bonchev–Trinajstić information content (AvgIpc) is 3.06. The Morgan fingerprint density at radius 3 is 2.61 bits per heavy atom. The number of aryl methyl sites for hydroxylation is 1. The standard InChI is InChI=1S/C18H25N3O2/c1-4-19-16(18(22)23)7-14-9-20(3)17-8-13-11-21(5-2)10-12(13)6-15(14)17/h6,8-9,16,19H,4-5,7,10-11H2,1-3H3,(H,22,23). The summed E-state index contributed by atoms with van der Waals surface area (Å²) in [6, 6.07) is 4.00. The van der Waals surface area contributed by atoms with Crippen molar-refractivity contribution in [2.24, 2.45) is 7.05 Å². The second kappa shape index (κ2) is 6.34. The number of carboxylic acid groups (broad SMARTS) is 1. The molecule has 0 amide bonds. The van der Waals surface area contributed by atoms with E-state index in [-0.39, 0.29) is 0 Å². The first-order valence-electron chi connectivity index (χ1n) is 8.31. The van der Waals surface area contributed by atoms with E-state index in [1.165, 1.54) is 22.0 Å². The molecule has 2 aromatic rings. The van der Waals surface area contributed by atoms with Crippen molar-refractivity contribution in [3.8, 4) is 0 Å². The Kier molecular flexibility index (Phi) is 4.41. The van der Waals surface area contributed by atoms with Gasteiger partial charge in [-0.25, -0.2) is 0 Å². The third-order valence-corrected chi connectivity index (χ3v) is 4.80. The molecule has 0 saturated heterocycles. The second-order valence-corrected chi connectivity index (χ2v) is 6.36. The highest BCUT2D eigenvalue weighted by Gasteiger charge is 2.22. The molecule has 5 heteroatoms. The van der Waals surface area contributed by atoms with E-state index in [4.69, 9.17) is 0 Å². The van der Waals surface area contributed by atoms with Crippen LogP contribution >= 0.6 is 0 Å². The van der Waals surface area contributed by atoms with E-state index in [2.05, 4.69) is 40.0 Å². The van der Waals surface area contributed by atoms with Crippen molar-refractivity contribution in [1.82, 2.24) is 14.8 Å². The molecule has 5 nitrogen and oxygen atoms in total. The number of carboxylic acids is 1. The van der Waals surface area contributed by atoms with Crippen LogP contribution in [0.1, 0.15) is 30.5 Å². The van der Waals surface area contributed by atoms with Crippen LogP contribution in [0.15, 0.2) is 18.3 Å². The van der Waals surface area contributed by atoms with E-state index in [1.54, 1.807) is 0 Å². The van der Waals surface area contributed by atoms with Crippen molar-refractivity contribution in [3.63, 3.8) is 0 Å².